The molecule has 0 bridgehead atoms. The van der Waals surface area contributed by atoms with Crippen LogP contribution in [-0.2, 0) is 9.47 Å². The van der Waals surface area contributed by atoms with Gasteiger partial charge in [0, 0.05) is 17.2 Å². The minimum atomic E-state index is -0.658. The molecule has 0 fully saturated rings. The zero-order valence-electron chi connectivity index (χ0n) is 18.6. The zero-order valence-corrected chi connectivity index (χ0v) is 18.6. The number of nitrogens with two attached hydrogens (primary N) is 1. The van der Waals surface area contributed by atoms with E-state index in [1.165, 1.54) is 11.6 Å². The molecular formula is C23H36N2O4. The normalized spacial score (nSPS) is 14.4. The van der Waals surface area contributed by atoms with Crippen LogP contribution in [0.5, 0.6) is 5.75 Å². The Bertz CT molecular complexity index is 675. The average molecular weight is 405 g/mol. The number of benzene rings is 1. The predicted molar refractivity (Wildman–Crippen MR) is 118 cm³/mol. The number of hydrogen-bond donors (Lipinski definition) is 1. The highest BCUT2D eigenvalue weighted by atomic mass is 16.7. The van der Waals surface area contributed by atoms with Crippen molar-refractivity contribution in [2.45, 2.75) is 65.7 Å². The standard InChI is InChI=1S/C23H36N2O4/c1-8-17(4)25-22(26)28-14-13-27-18(5)29-20-11-9-19(10-12-20)21(15-16(2)3)23(6,7)24/h8-12,16,18,21H,1,13-15,24H2,2-7H3. The molecule has 1 aromatic carbocycles. The van der Waals surface area contributed by atoms with Gasteiger partial charge in [0.05, 0.1) is 6.61 Å². The van der Waals surface area contributed by atoms with Gasteiger partial charge in [-0.15, -0.1) is 0 Å². The van der Waals surface area contributed by atoms with E-state index in [2.05, 4.69) is 51.4 Å². The molecule has 2 N–H and O–H groups in total. The highest BCUT2D eigenvalue weighted by Gasteiger charge is 2.27. The van der Waals surface area contributed by atoms with Crippen molar-refractivity contribution in [3.63, 3.8) is 0 Å². The smallest absolute Gasteiger partial charge is 0.433 e. The SMILES string of the molecule is C=CC(C)=NC(=O)OCCOC(C)Oc1ccc(C(CC(C)C)C(C)(C)N)cc1. The Morgan fingerprint density at radius 3 is 2.34 bits per heavy atom. The molecule has 6 nitrogen and oxygen atoms in total. The Labute approximate surface area is 175 Å². The first-order chi connectivity index (χ1) is 13.5. The van der Waals surface area contributed by atoms with Gasteiger partial charge in [-0.2, -0.15) is 4.99 Å². The number of carbonyl (C=O) groups excluding carboxylic acids is 1. The van der Waals surface area contributed by atoms with E-state index in [4.69, 9.17) is 19.9 Å². The first kappa shape index (κ1) is 24.9. The minimum Gasteiger partial charge on any atom is -0.465 e. The Hall–Kier alpha value is -2.18. The van der Waals surface area contributed by atoms with E-state index >= 15 is 0 Å². The van der Waals surface area contributed by atoms with Gasteiger partial charge in [0.15, 0.2) is 6.29 Å². The van der Waals surface area contributed by atoms with E-state index < -0.39 is 12.4 Å². The molecule has 1 aromatic rings. The highest BCUT2D eigenvalue weighted by molar-refractivity contribution is 5.98. The highest BCUT2D eigenvalue weighted by Crippen LogP contribution is 2.33. The van der Waals surface area contributed by atoms with Gasteiger partial charge in [0.25, 0.3) is 0 Å². The summed E-state index contributed by atoms with van der Waals surface area (Å²) in [6.07, 6.45) is 1.38. The van der Waals surface area contributed by atoms with Crippen LogP contribution in [0.1, 0.15) is 59.4 Å². The Morgan fingerprint density at radius 1 is 1.21 bits per heavy atom. The van der Waals surface area contributed by atoms with Crippen LogP contribution in [0.3, 0.4) is 0 Å². The second-order valence-corrected chi connectivity index (χ2v) is 8.20. The molecule has 0 aromatic heterocycles. The lowest BCUT2D eigenvalue weighted by molar-refractivity contribution is -0.0766. The molecule has 0 spiro atoms. The molecule has 1 rings (SSSR count). The van der Waals surface area contributed by atoms with Crippen LogP contribution in [0.2, 0.25) is 0 Å². The van der Waals surface area contributed by atoms with Gasteiger partial charge in [-0.3, -0.25) is 0 Å². The molecule has 0 saturated carbocycles. The van der Waals surface area contributed by atoms with Gasteiger partial charge in [0.2, 0.25) is 0 Å². The van der Waals surface area contributed by atoms with Crippen molar-refractivity contribution in [2.24, 2.45) is 16.6 Å². The number of rotatable bonds is 11. The third-order valence-corrected chi connectivity index (χ3v) is 4.41. The van der Waals surface area contributed by atoms with Gasteiger partial charge in [-0.05, 0) is 63.8 Å². The van der Waals surface area contributed by atoms with Crippen molar-refractivity contribution in [3.8, 4) is 5.75 Å². The van der Waals surface area contributed by atoms with Crippen molar-refractivity contribution >= 4 is 11.8 Å². The van der Waals surface area contributed by atoms with Crippen LogP contribution in [0.4, 0.5) is 4.79 Å². The van der Waals surface area contributed by atoms with Crippen LogP contribution in [0, 0.1) is 5.92 Å². The first-order valence-corrected chi connectivity index (χ1v) is 10.0. The largest absolute Gasteiger partial charge is 0.465 e. The second-order valence-electron chi connectivity index (χ2n) is 8.20. The number of hydrogen-bond acceptors (Lipinski definition) is 5. The molecule has 6 heteroatoms. The summed E-state index contributed by atoms with van der Waals surface area (Å²) in [5.41, 5.74) is 7.81. The van der Waals surface area contributed by atoms with E-state index in [-0.39, 0.29) is 24.7 Å². The monoisotopic (exact) mass is 404 g/mol. The molecule has 2 unspecified atom stereocenters. The lowest BCUT2D eigenvalue weighted by Crippen LogP contribution is -2.39. The van der Waals surface area contributed by atoms with Crippen LogP contribution in [0.15, 0.2) is 41.9 Å². The third kappa shape index (κ3) is 9.72. The van der Waals surface area contributed by atoms with Gasteiger partial charge in [-0.1, -0.05) is 32.6 Å². The molecule has 1 amide bonds. The minimum absolute atomic E-state index is 0.0991. The van der Waals surface area contributed by atoms with E-state index in [0.717, 1.165) is 6.42 Å². The quantitative estimate of drug-likeness (QED) is 0.316. The third-order valence-electron chi connectivity index (χ3n) is 4.41. The van der Waals surface area contributed by atoms with Gasteiger partial charge < -0.3 is 19.9 Å². The molecule has 0 saturated heterocycles. The summed E-state index contributed by atoms with van der Waals surface area (Å²) in [5.74, 6) is 1.54. The summed E-state index contributed by atoms with van der Waals surface area (Å²) in [4.78, 5) is 15.1. The molecular weight excluding hydrogens is 368 g/mol. The van der Waals surface area contributed by atoms with Crippen molar-refractivity contribution in [1.82, 2.24) is 0 Å². The molecule has 2 atom stereocenters. The van der Waals surface area contributed by atoms with Gasteiger partial charge in [0.1, 0.15) is 12.4 Å². The Morgan fingerprint density at radius 2 is 1.83 bits per heavy atom. The number of amides is 1. The van der Waals surface area contributed by atoms with E-state index in [0.29, 0.717) is 17.4 Å². The average Bonchev–Trinajstić information content (AvgIpc) is 2.63. The predicted octanol–water partition coefficient (Wildman–Crippen LogP) is 5.08. The molecule has 0 aliphatic carbocycles. The number of aliphatic imine (C=N–C) groups is 1. The van der Waals surface area contributed by atoms with E-state index in [1.807, 2.05) is 12.1 Å². The van der Waals surface area contributed by atoms with Crippen LogP contribution in [-0.4, -0.2) is 36.8 Å². The lowest BCUT2D eigenvalue weighted by atomic mass is 9.77. The maximum atomic E-state index is 11.4. The van der Waals surface area contributed by atoms with Crippen LogP contribution >= 0.6 is 0 Å². The summed E-state index contributed by atoms with van der Waals surface area (Å²) < 4.78 is 16.2. The number of allylic oxidation sites excluding steroid dienone is 1. The Balaban J connectivity index is 2.51. The van der Waals surface area contributed by atoms with E-state index in [9.17, 15) is 4.79 Å². The van der Waals surface area contributed by atoms with Crippen LogP contribution < -0.4 is 10.5 Å². The molecule has 0 heterocycles. The maximum absolute atomic E-state index is 11.4. The number of nitrogens with zero attached hydrogens (tertiary/aromatic N) is 1. The zero-order chi connectivity index (χ0) is 22.0. The fourth-order valence-corrected chi connectivity index (χ4v) is 2.91. The van der Waals surface area contributed by atoms with Crippen molar-refractivity contribution in [3.05, 3.63) is 42.5 Å². The summed E-state index contributed by atoms with van der Waals surface area (Å²) in [6, 6.07) is 7.99. The molecule has 0 aliphatic rings. The maximum Gasteiger partial charge on any atom is 0.433 e. The summed E-state index contributed by atoms with van der Waals surface area (Å²) >= 11 is 0. The summed E-state index contributed by atoms with van der Waals surface area (Å²) in [6.45, 7) is 15.9. The summed E-state index contributed by atoms with van der Waals surface area (Å²) in [7, 11) is 0. The number of ether oxygens (including phenoxy) is 3. The van der Waals surface area contributed by atoms with Crippen molar-refractivity contribution in [1.29, 1.82) is 0 Å². The first-order valence-electron chi connectivity index (χ1n) is 10.0. The molecule has 0 radical (unpaired) electrons. The fourth-order valence-electron chi connectivity index (χ4n) is 2.91. The molecule has 162 valence electrons. The van der Waals surface area contributed by atoms with Gasteiger partial charge in [-0.25, -0.2) is 4.79 Å². The summed E-state index contributed by atoms with van der Waals surface area (Å²) in [5, 5.41) is 0. The van der Waals surface area contributed by atoms with E-state index in [1.54, 1.807) is 13.8 Å². The topological polar surface area (TPSA) is 83.1 Å². The van der Waals surface area contributed by atoms with Crippen molar-refractivity contribution in [2.75, 3.05) is 13.2 Å². The van der Waals surface area contributed by atoms with Crippen molar-refractivity contribution < 1.29 is 19.0 Å². The molecule has 0 aliphatic heterocycles. The number of carbonyl (C=O) groups is 1. The fraction of sp³-hybridized carbons (Fsp3) is 0.565. The van der Waals surface area contributed by atoms with Gasteiger partial charge >= 0.3 is 6.09 Å². The molecule has 29 heavy (non-hydrogen) atoms. The lowest BCUT2D eigenvalue weighted by Gasteiger charge is -2.32. The van der Waals surface area contributed by atoms with Crippen LogP contribution in [0.25, 0.3) is 0 Å². The second kappa shape index (κ2) is 11.7. The Kier molecular flexibility index (Phi) is 10.1.